The van der Waals surface area contributed by atoms with Crippen LogP contribution in [0.4, 0.5) is 10.1 Å². The fourth-order valence-corrected chi connectivity index (χ4v) is 3.49. The molecule has 2 aliphatic heterocycles. The molecule has 1 saturated heterocycles. The third-order valence-corrected chi connectivity index (χ3v) is 5.03. The van der Waals surface area contributed by atoms with Gasteiger partial charge in [0.25, 0.3) is 5.91 Å². The third-order valence-electron chi connectivity index (χ3n) is 5.03. The van der Waals surface area contributed by atoms with Gasteiger partial charge in [-0.05, 0) is 43.7 Å². The van der Waals surface area contributed by atoms with Crippen molar-refractivity contribution in [2.45, 2.75) is 31.8 Å². The molecule has 2 bridgehead atoms. The number of carbonyl (C=O) groups excluding carboxylic acids is 1. The average molecular weight is 395 g/mol. The molecular formula is C20H18FN5O3. The lowest BCUT2D eigenvalue weighted by Crippen LogP contribution is -2.45. The van der Waals surface area contributed by atoms with Crippen LogP contribution >= 0.6 is 0 Å². The van der Waals surface area contributed by atoms with Crippen molar-refractivity contribution in [3.05, 3.63) is 58.7 Å². The lowest BCUT2D eigenvalue weighted by molar-refractivity contribution is -0.105. The van der Waals surface area contributed by atoms with E-state index in [-0.39, 0.29) is 23.7 Å². The van der Waals surface area contributed by atoms with Crippen molar-refractivity contribution in [2.24, 2.45) is 10.7 Å². The number of fused-ring (bicyclic) bond motifs is 2. The number of hydrogen-bond acceptors (Lipinski definition) is 7. The van der Waals surface area contributed by atoms with Crippen LogP contribution in [0.15, 0.2) is 35.5 Å². The first-order chi connectivity index (χ1) is 13.8. The van der Waals surface area contributed by atoms with Crippen LogP contribution in [0, 0.1) is 24.1 Å². The summed E-state index contributed by atoms with van der Waals surface area (Å²) in [4.78, 5) is 21.1. The fourth-order valence-electron chi connectivity index (χ4n) is 3.49. The molecule has 0 radical (unpaired) electrons. The van der Waals surface area contributed by atoms with E-state index in [0.717, 1.165) is 0 Å². The Bertz CT molecular complexity index is 1080. The molecule has 0 aliphatic carbocycles. The van der Waals surface area contributed by atoms with Crippen LogP contribution < -0.4 is 11.1 Å². The summed E-state index contributed by atoms with van der Waals surface area (Å²) in [5, 5.41) is 11.6. The molecule has 2 aliphatic rings. The topological polar surface area (TPSA) is 123 Å². The van der Waals surface area contributed by atoms with Gasteiger partial charge < -0.3 is 20.5 Å². The van der Waals surface area contributed by atoms with Crippen LogP contribution in [-0.2, 0) is 15.0 Å². The Balaban J connectivity index is 1.65. The molecule has 148 valence electrons. The second kappa shape index (κ2) is 6.92. The lowest BCUT2D eigenvalue weighted by atomic mass is 9.90. The molecule has 4 rings (SSSR count). The summed E-state index contributed by atoms with van der Waals surface area (Å²) in [6.07, 6.45) is 0.121. The van der Waals surface area contributed by atoms with Crippen molar-refractivity contribution >= 4 is 17.4 Å². The number of amidine groups is 1. The van der Waals surface area contributed by atoms with E-state index in [2.05, 4.69) is 15.3 Å². The number of nitrogens with two attached hydrogens (primary N) is 1. The molecule has 0 saturated carbocycles. The van der Waals surface area contributed by atoms with Gasteiger partial charge in [-0.1, -0.05) is 0 Å². The number of amides is 1. The Kier molecular flexibility index (Phi) is 4.53. The van der Waals surface area contributed by atoms with Gasteiger partial charge in [0.2, 0.25) is 0 Å². The predicted octanol–water partition coefficient (Wildman–Crippen LogP) is 1.98. The number of ether oxygens (including phenoxy) is 2. The van der Waals surface area contributed by atoms with Crippen molar-refractivity contribution in [1.82, 2.24) is 4.98 Å². The van der Waals surface area contributed by atoms with E-state index in [0.29, 0.717) is 16.8 Å². The number of pyridine rings is 1. The quantitative estimate of drug-likeness (QED) is 0.819. The summed E-state index contributed by atoms with van der Waals surface area (Å²) >= 11 is 0. The van der Waals surface area contributed by atoms with Gasteiger partial charge in [-0.2, -0.15) is 5.26 Å². The number of rotatable bonds is 3. The molecule has 3 N–H and O–H groups in total. The first-order valence-corrected chi connectivity index (χ1v) is 8.92. The highest BCUT2D eigenvalue weighted by atomic mass is 19.1. The molecule has 3 atom stereocenters. The van der Waals surface area contributed by atoms with E-state index in [1.807, 2.05) is 6.07 Å². The maximum Gasteiger partial charge on any atom is 0.274 e. The first-order valence-electron chi connectivity index (χ1n) is 8.92. The summed E-state index contributed by atoms with van der Waals surface area (Å²) < 4.78 is 26.0. The lowest BCUT2D eigenvalue weighted by Gasteiger charge is -2.34. The number of carbonyl (C=O) groups is 1. The van der Waals surface area contributed by atoms with Gasteiger partial charge >= 0.3 is 0 Å². The Labute approximate surface area is 166 Å². The number of hydrogen-bond donors (Lipinski definition) is 2. The molecule has 8 nitrogen and oxygen atoms in total. The van der Waals surface area contributed by atoms with Crippen LogP contribution in [0.2, 0.25) is 0 Å². The monoisotopic (exact) mass is 395 g/mol. The number of aryl methyl sites for hydroxylation is 1. The van der Waals surface area contributed by atoms with Gasteiger partial charge in [0.1, 0.15) is 35.1 Å². The van der Waals surface area contributed by atoms with Crippen LogP contribution in [0.3, 0.4) is 0 Å². The van der Waals surface area contributed by atoms with Crippen molar-refractivity contribution in [3.63, 3.8) is 0 Å². The minimum atomic E-state index is -1.19. The Hall–Kier alpha value is -3.35. The molecule has 0 unspecified atom stereocenters. The van der Waals surface area contributed by atoms with E-state index in [1.54, 1.807) is 19.9 Å². The molecule has 2 aromatic rings. The van der Waals surface area contributed by atoms with Crippen LogP contribution in [-0.4, -0.2) is 35.7 Å². The molecule has 1 aromatic heterocycles. The highest BCUT2D eigenvalue weighted by molar-refractivity contribution is 6.03. The zero-order valence-electron chi connectivity index (χ0n) is 15.8. The second-order valence-electron chi connectivity index (χ2n) is 7.12. The first kappa shape index (κ1) is 19.0. The molecule has 3 heterocycles. The van der Waals surface area contributed by atoms with Crippen molar-refractivity contribution in [2.75, 3.05) is 11.9 Å². The second-order valence-corrected chi connectivity index (χ2v) is 7.12. The highest BCUT2D eigenvalue weighted by Crippen LogP contribution is 2.40. The number of benzene rings is 1. The smallest absolute Gasteiger partial charge is 0.274 e. The number of aliphatic imine (C=N–C) groups is 1. The fraction of sp³-hybridized carbons (Fsp3) is 0.300. The molecular weight excluding hydrogens is 377 g/mol. The number of halogens is 1. The summed E-state index contributed by atoms with van der Waals surface area (Å²) in [5.74, 6) is -0.755. The molecule has 29 heavy (non-hydrogen) atoms. The van der Waals surface area contributed by atoms with E-state index >= 15 is 0 Å². The molecule has 0 spiro atoms. The normalized spacial score (nSPS) is 25.2. The zero-order valence-corrected chi connectivity index (χ0v) is 15.8. The van der Waals surface area contributed by atoms with Crippen LogP contribution in [0.1, 0.15) is 34.1 Å². The SMILES string of the molecule is Cc1cc(C#N)cnc1C(=O)Nc1ccc(F)c([C@@]2(C)N=C(N)[C@@H]3CO[C@H]2O3)c1. The maximum atomic E-state index is 14.7. The Morgan fingerprint density at radius 2 is 2.24 bits per heavy atom. The standard InChI is InChI=1S/C20H18FN5O3/c1-10-5-11(7-22)8-24-16(10)18(27)25-12-3-4-14(21)13(6-12)20(2)19-28-9-15(29-19)17(23)26-20/h3-6,8,15,19H,9H2,1-2H3,(H2,23,26)(H,25,27)/t15-,19-,20+/m0/s1. The van der Waals surface area contributed by atoms with E-state index in [1.165, 1.54) is 24.4 Å². The number of aromatic nitrogens is 1. The third kappa shape index (κ3) is 3.22. The maximum absolute atomic E-state index is 14.7. The minimum absolute atomic E-state index is 0.173. The molecule has 9 heteroatoms. The number of anilines is 1. The van der Waals surface area contributed by atoms with E-state index < -0.39 is 29.7 Å². The summed E-state index contributed by atoms with van der Waals surface area (Å²) in [6.45, 7) is 3.62. The Morgan fingerprint density at radius 1 is 1.45 bits per heavy atom. The van der Waals surface area contributed by atoms with Gasteiger partial charge in [-0.3, -0.25) is 9.79 Å². The largest absolute Gasteiger partial charge is 0.385 e. The number of nitrogens with zero attached hydrogens (tertiary/aromatic N) is 3. The highest BCUT2D eigenvalue weighted by Gasteiger charge is 2.49. The van der Waals surface area contributed by atoms with Crippen molar-refractivity contribution < 1.29 is 18.7 Å². The van der Waals surface area contributed by atoms with E-state index in [4.69, 9.17) is 20.5 Å². The van der Waals surface area contributed by atoms with E-state index in [9.17, 15) is 9.18 Å². The van der Waals surface area contributed by atoms with Crippen LogP contribution in [0.25, 0.3) is 0 Å². The molecule has 1 amide bonds. The van der Waals surface area contributed by atoms with Gasteiger partial charge in [0.15, 0.2) is 6.29 Å². The number of nitrogens with one attached hydrogen (secondary N) is 1. The predicted molar refractivity (Wildman–Crippen MR) is 102 cm³/mol. The van der Waals surface area contributed by atoms with Gasteiger partial charge in [0.05, 0.1) is 12.2 Å². The molecule has 1 fully saturated rings. The van der Waals surface area contributed by atoms with Crippen molar-refractivity contribution in [3.8, 4) is 6.07 Å². The summed E-state index contributed by atoms with van der Waals surface area (Å²) in [6, 6.07) is 7.70. The van der Waals surface area contributed by atoms with Gasteiger partial charge in [-0.15, -0.1) is 0 Å². The average Bonchev–Trinajstić information content (AvgIpc) is 3.15. The Morgan fingerprint density at radius 3 is 2.97 bits per heavy atom. The van der Waals surface area contributed by atoms with Crippen LogP contribution in [0.5, 0.6) is 0 Å². The molecule has 1 aromatic carbocycles. The summed E-state index contributed by atoms with van der Waals surface area (Å²) in [5.41, 5.74) is 6.38. The summed E-state index contributed by atoms with van der Waals surface area (Å²) in [7, 11) is 0. The minimum Gasteiger partial charge on any atom is -0.385 e. The number of nitriles is 1. The van der Waals surface area contributed by atoms with Crippen molar-refractivity contribution in [1.29, 1.82) is 5.26 Å². The zero-order chi connectivity index (χ0) is 20.8. The van der Waals surface area contributed by atoms with Gasteiger partial charge in [-0.25, -0.2) is 9.37 Å². The van der Waals surface area contributed by atoms with Gasteiger partial charge in [0, 0.05) is 17.4 Å².